The van der Waals surface area contributed by atoms with E-state index in [1.165, 1.54) is 0 Å². The molecule has 0 amide bonds. The summed E-state index contributed by atoms with van der Waals surface area (Å²) in [4.78, 5) is 22.9. The lowest BCUT2D eigenvalue weighted by molar-refractivity contribution is -0.385. The van der Waals surface area contributed by atoms with Gasteiger partial charge in [0.15, 0.2) is 11.4 Å². The first-order chi connectivity index (χ1) is 6.02. The Hall–Kier alpha value is -2.18. The van der Waals surface area contributed by atoms with E-state index in [0.29, 0.717) is 0 Å². The van der Waals surface area contributed by atoms with Gasteiger partial charge in [0.25, 0.3) is 5.69 Å². The maximum absolute atomic E-state index is 10.3. The number of hydrogen-bond donors (Lipinski definition) is 2. The molecule has 0 radical (unpaired) electrons. The third-order valence-electron chi connectivity index (χ3n) is 1.27. The maximum atomic E-state index is 10.3. The number of carboxylic acids is 1. The van der Waals surface area contributed by atoms with Gasteiger partial charge in [-0.1, -0.05) is 0 Å². The molecule has 0 atom stereocenters. The highest BCUT2D eigenvalue weighted by Gasteiger charge is 2.15. The van der Waals surface area contributed by atoms with Gasteiger partial charge < -0.3 is 10.2 Å². The van der Waals surface area contributed by atoms with Crippen LogP contribution < -0.4 is 0 Å². The van der Waals surface area contributed by atoms with E-state index in [1.807, 2.05) is 0 Å². The molecule has 0 saturated carbocycles. The molecule has 1 rings (SSSR count). The molecule has 0 unspecified atom stereocenters. The van der Waals surface area contributed by atoms with Gasteiger partial charge in [0.2, 0.25) is 0 Å². The molecular weight excluding hydrogens is 180 g/mol. The van der Waals surface area contributed by atoms with Crippen molar-refractivity contribution in [2.24, 2.45) is 0 Å². The molecule has 7 heteroatoms. The Morgan fingerprint density at radius 3 is 2.62 bits per heavy atom. The van der Waals surface area contributed by atoms with Crippen LogP contribution >= 0.6 is 0 Å². The van der Waals surface area contributed by atoms with E-state index in [2.05, 4.69) is 4.98 Å². The molecule has 0 aromatic carbocycles. The number of aromatic nitrogens is 1. The number of nitro groups is 1. The number of carboxylic acid groups (broad SMARTS) is 1. The second kappa shape index (κ2) is 3.05. The van der Waals surface area contributed by atoms with E-state index in [9.17, 15) is 14.9 Å². The Balaban J connectivity index is 3.20. The van der Waals surface area contributed by atoms with Crippen LogP contribution in [0.5, 0.6) is 5.75 Å². The average Bonchev–Trinajstić information content (AvgIpc) is 2.03. The van der Waals surface area contributed by atoms with Gasteiger partial charge >= 0.3 is 5.97 Å². The van der Waals surface area contributed by atoms with Gasteiger partial charge in [0.05, 0.1) is 11.0 Å². The quantitative estimate of drug-likeness (QED) is 0.507. The fourth-order valence-corrected chi connectivity index (χ4v) is 0.707. The van der Waals surface area contributed by atoms with Gasteiger partial charge in [0.1, 0.15) is 6.20 Å². The van der Waals surface area contributed by atoms with E-state index in [4.69, 9.17) is 10.2 Å². The highest BCUT2D eigenvalue weighted by Crippen LogP contribution is 2.20. The predicted molar refractivity (Wildman–Crippen MR) is 39.5 cm³/mol. The molecule has 13 heavy (non-hydrogen) atoms. The molecule has 0 fully saturated rings. The van der Waals surface area contributed by atoms with Crippen molar-refractivity contribution in [2.45, 2.75) is 0 Å². The average molecular weight is 184 g/mol. The second-order valence-electron chi connectivity index (χ2n) is 2.12. The normalized spacial score (nSPS) is 9.54. The summed E-state index contributed by atoms with van der Waals surface area (Å²) in [6, 6.07) is 0.733. The summed E-state index contributed by atoms with van der Waals surface area (Å²) in [5, 5.41) is 27.5. The van der Waals surface area contributed by atoms with Crippen LogP contribution in [0.1, 0.15) is 10.5 Å². The van der Waals surface area contributed by atoms with Crippen molar-refractivity contribution in [2.75, 3.05) is 0 Å². The van der Waals surface area contributed by atoms with Crippen molar-refractivity contribution in [1.82, 2.24) is 4.98 Å². The van der Waals surface area contributed by atoms with E-state index in [1.54, 1.807) is 0 Å². The fourth-order valence-electron chi connectivity index (χ4n) is 0.707. The zero-order valence-corrected chi connectivity index (χ0v) is 6.17. The zero-order chi connectivity index (χ0) is 10.0. The minimum Gasteiger partial charge on any atom is -0.505 e. The van der Waals surface area contributed by atoms with Crippen LogP contribution in [0.4, 0.5) is 5.69 Å². The Bertz CT molecular complexity index is 375. The van der Waals surface area contributed by atoms with E-state index in [0.717, 1.165) is 12.3 Å². The summed E-state index contributed by atoms with van der Waals surface area (Å²) in [6.07, 6.45) is 0.767. The molecule has 7 nitrogen and oxygen atoms in total. The summed E-state index contributed by atoms with van der Waals surface area (Å²) < 4.78 is 0. The number of rotatable bonds is 2. The van der Waals surface area contributed by atoms with Crippen molar-refractivity contribution >= 4 is 11.7 Å². The molecule has 1 aromatic rings. The summed E-state index contributed by atoms with van der Waals surface area (Å²) in [5.41, 5.74) is -1.06. The second-order valence-corrected chi connectivity index (χ2v) is 2.12. The van der Waals surface area contributed by atoms with Crippen LogP contribution in [0, 0.1) is 10.1 Å². The third kappa shape index (κ3) is 1.70. The van der Waals surface area contributed by atoms with Crippen molar-refractivity contribution in [1.29, 1.82) is 0 Å². The van der Waals surface area contributed by atoms with Gasteiger partial charge in [-0.3, -0.25) is 10.1 Å². The molecule has 1 heterocycles. The number of aromatic hydroxyl groups is 1. The topological polar surface area (TPSA) is 114 Å². The molecule has 0 aliphatic heterocycles. The maximum Gasteiger partial charge on any atom is 0.358 e. The molecule has 0 spiro atoms. The van der Waals surface area contributed by atoms with Crippen molar-refractivity contribution in [3.8, 4) is 5.75 Å². The van der Waals surface area contributed by atoms with E-state index in [-0.39, 0.29) is 0 Å². The Morgan fingerprint density at radius 2 is 2.23 bits per heavy atom. The van der Waals surface area contributed by atoms with Crippen molar-refractivity contribution < 1.29 is 19.9 Å². The van der Waals surface area contributed by atoms with Crippen LogP contribution in [0.3, 0.4) is 0 Å². The first kappa shape index (κ1) is 8.91. The van der Waals surface area contributed by atoms with Crippen LogP contribution in [0.25, 0.3) is 0 Å². The molecule has 0 saturated heterocycles. The van der Waals surface area contributed by atoms with E-state index >= 15 is 0 Å². The van der Waals surface area contributed by atoms with Crippen LogP contribution in [0.2, 0.25) is 0 Å². The van der Waals surface area contributed by atoms with Gasteiger partial charge in [0, 0.05) is 0 Å². The Morgan fingerprint density at radius 1 is 1.62 bits per heavy atom. The minimum absolute atomic E-state index is 0.456. The Kier molecular flexibility index (Phi) is 2.09. The summed E-state index contributed by atoms with van der Waals surface area (Å²) >= 11 is 0. The highest BCUT2D eigenvalue weighted by atomic mass is 16.6. The lowest BCUT2D eigenvalue weighted by atomic mass is 10.3. The van der Waals surface area contributed by atoms with Crippen LogP contribution in [-0.2, 0) is 0 Å². The number of carbonyl (C=O) groups is 1. The Labute approximate surface area is 71.4 Å². The van der Waals surface area contributed by atoms with E-state index < -0.39 is 28.0 Å². The monoisotopic (exact) mass is 184 g/mol. The smallest absolute Gasteiger partial charge is 0.358 e. The molecule has 2 N–H and O–H groups in total. The predicted octanol–water partition coefficient (Wildman–Crippen LogP) is 0.394. The summed E-state index contributed by atoms with van der Waals surface area (Å²) in [7, 11) is 0. The molecule has 0 aliphatic rings. The largest absolute Gasteiger partial charge is 0.505 e. The van der Waals surface area contributed by atoms with Gasteiger partial charge in [-0.05, 0) is 0 Å². The molecule has 1 aromatic heterocycles. The SMILES string of the molecule is O=C(O)c1ncc([N+](=O)[O-])cc1O. The lowest BCUT2D eigenvalue weighted by Gasteiger charge is -1.96. The number of nitrogens with zero attached hydrogens (tertiary/aromatic N) is 2. The number of hydrogen-bond acceptors (Lipinski definition) is 5. The standard InChI is InChI=1S/C6H4N2O5/c9-4-1-3(8(12)13)2-7-5(4)6(10)11/h1-2,9H,(H,10,11). The summed E-state index contributed by atoms with van der Waals surface area (Å²) in [5.74, 6) is -2.16. The summed E-state index contributed by atoms with van der Waals surface area (Å²) in [6.45, 7) is 0. The first-order valence-corrected chi connectivity index (χ1v) is 3.09. The lowest BCUT2D eigenvalue weighted by Crippen LogP contribution is -2.01. The molecule has 0 bridgehead atoms. The molecular formula is C6H4N2O5. The fraction of sp³-hybridized carbons (Fsp3) is 0. The van der Waals surface area contributed by atoms with Crippen molar-refractivity contribution in [3.05, 3.63) is 28.1 Å². The minimum atomic E-state index is -1.44. The van der Waals surface area contributed by atoms with Gasteiger partial charge in [-0.15, -0.1) is 0 Å². The number of pyridine rings is 1. The third-order valence-corrected chi connectivity index (χ3v) is 1.27. The van der Waals surface area contributed by atoms with Crippen LogP contribution in [0.15, 0.2) is 12.3 Å². The molecule has 0 aliphatic carbocycles. The van der Waals surface area contributed by atoms with Gasteiger partial charge in [-0.25, -0.2) is 9.78 Å². The van der Waals surface area contributed by atoms with Crippen LogP contribution in [-0.4, -0.2) is 26.1 Å². The zero-order valence-electron chi connectivity index (χ0n) is 6.17. The molecule has 68 valence electrons. The van der Waals surface area contributed by atoms with Gasteiger partial charge in [-0.2, -0.15) is 0 Å². The number of aromatic carboxylic acids is 1. The first-order valence-electron chi connectivity index (χ1n) is 3.09. The highest BCUT2D eigenvalue weighted by molar-refractivity contribution is 5.88. The van der Waals surface area contributed by atoms with Crippen molar-refractivity contribution in [3.63, 3.8) is 0 Å².